The molecule has 1 fully saturated rings. The summed E-state index contributed by atoms with van der Waals surface area (Å²) in [6.45, 7) is 0.681. The number of halogens is 2. The van der Waals surface area contributed by atoms with Crippen molar-refractivity contribution in [3.05, 3.63) is 27.7 Å². The first-order valence-corrected chi connectivity index (χ1v) is 7.26. The van der Waals surface area contributed by atoms with Gasteiger partial charge in [0.05, 0.1) is 5.02 Å². The van der Waals surface area contributed by atoms with Gasteiger partial charge in [-0.05, 0) is 47.0 Å². The van der Waals surface area contributed by atoms with Gasteiger partial charge in [0.25, 0.3) is 0 Å². The van der Waals surface area contributed by atoms with Crippen LogP contribution < -0.4 is 11.1 Å². The van der Waals surface area contributed by atoms with Crippen molar-refractivity contribution in [2.75, 3.05) is 11.9 Å². The maximum atomic E-state index is 6.10. The summed E-state index contributed by atoms with van der Waals surface area (Å²) >= 11 is 9.50. The van der Waals surface area contributed by atoms with E-state index in [-0.39, 0.29) is 5.54 Å². The van der Waals surface area contributed by atoms with Crippen molar-refractivity contribution in [3.8, 4) is 0 Å². The number of anilines is 1. The predicted molar refractivity (Wildman–Crippen MR) is 77.6 cm³/mol. The Labute approximate surface area is 116 Å². The lowest BCUT2D eigenvalue weighted by Crippen LogP contribution is -2.46. The van der Waals surface area contributed by atoms with Gasteiger partial charge in [-0.2, -0.15) is 0 Å². The molecule has 0 atom stereocenters. The monoisotopic (exact) mass is 316 g/mol. The van der Waals surface area contributed by atoms with Gasteiger partial charge in [0.15, 0.2) is 0 Å². The van der Waals surface area contributed by atoms with Crippen molar-refractivity contribution in [1.82, 2.24) is 0 Å². The first kappa shape index (κ1) is 13.2. The van der Waals surface area contributed by atoms with Crippen LogP contribution in [0.1, 0.15) is 32.1 Å². The van der Waals surface area contributed by atoms with E-state index in [9.17, 15) is 0 Å². The fourth-order valence-corrected chi connectivity index (χ4v) is 2.92. The fraction of sp³-hybridized carbons (Fsp3) is 0.538. The first-order chi connectivity index (χ1) is 8.15. The van der Waals surface area contributed by atoms with Crippen LogP contribution in [0.2, 0.25) is 5.02 Å². The van der Waals surface area contributed by atoms with E-state index in [1.807, 2.05) is 18.2 Å². The number of benzene rings is 1. The quantitative estimate of drug-likeness (QED) is 0.878. The lowest BCUT2D eigenvalue weighted by atomic mass is 9.81. The Balaban J connectivity index is 2.14. The highest BCUT2D eigenvalue weighted by Gasteiger charge is 2.30. The lowest BCUT2D eigenvalue weighted by Gasteiger charge is -2.38. The van der Waals surface area contributed by atoms with Gasteiger partial charge in [0, 0.05) is 22.2 Å². The predicted octanol–water partition coefficient (Wildman–Crippen LogP) is 4.18. The van der Waals surface area contributed by atoms with E-state index in [4.69, 9.17) is 17.3 Å². The van der Waals surface area contributed by atoms with E-state index in [2.05, 4.69) is 21.2 Å². The summed E-state index contributed by atoms with van der Waals surface area (Å²) in [5.41, 5.74) is 7.07. The third kappa shape index (κ3) is 3.15. The van der Waals surface area contributed by atoms with Crippen molar-refractivity contribution in [1.29, 1.82) is 0 Å². The molecule has 0 aliphatic heterocycles. The molecule has 0 aromatic heterocycles. The van der Waals surface area contributed by atoms with Crippen LogP contribution in [-0.2, 0) is 0 Å². The Morgan fingerprint density at radius 2 is 2.00 bits per heavy atom. The van der Waals surface area contributed by atoms with E-state index < -0.39 is 0 Å². The van der Waals surface area contributed by atoms with Gasteiger partial charge in [0.2, 0.25) is 0 Å². The number of nitrogens with one attached hydrogen (secondary N) is 1. The van der Waals surface area contributed by atoms with Crippen LogP contribution in [0.3, 0.4) is 0 Å². The zero-order chi connectivity index (χ0) is 12.3. The van der Waals surface area contributed by atoms with E-state index in [0.29, 0.717) is 6.54 Å². The topological polar surface area (TPSA) is 38.0 Å². The molecule has 1 aromatic carbocycles. The second kappa shape index (κ2) is 5.59. The molecule has 4 heteroatoms. The molecule has 0 heterocycles. The molecule has 1 aromatic rings. The van der Waals surface area contributed by atoms with Crippen LogP contribution in [0.5, 0.6) is 0 Å². The highest BCUT2D eigenvalue weighted by molar-refractivity contribution is 9.10. The molecule has 0 saturated heterocycles. The second-order valence-electron chi connectivity index (χ2n) is 4.80. The molecule has 0 radical (unpaired) electrons. The summed E-state index contributed by atoms with van der Waals surface area (Å²) < 4.78 is 0.926. The molecule has 1 saturated carbocycles. The van der Waals surface area contributed by atoms with Gasteiger partial charge >= 0.3 is 0 Å². The van der Waals surface area contributed by atoms with Gasteiger partial charge in [-0.3, -0.25) is 0 Å². The molecule has 0 spiro atoms. The van der Waals surface area contributed by atoms with Gasteiger partial charge < -0.3 is 11.1 Å². The average Bonchev–Trinajstić information content (AvgIpc) is 2.35. The van der Waals surface area contributed by atoms with Crippen molar-refractivity contribution < 1.29 is 0 Å². The molecular weight excluding hydrogens is 300 g/mol. The van der Waals surface area contributed by atoms with E-state index in [1.165, 1.54) is 19.3 Å². The van der Waals surface area contributed by atoms with Crippen LogP contribution in [0.15, 0.2) is 22.7 Å². The molecule has 0 bridgehead atoms. The third-order valence-corrected chi connectivity index (χ3v) is 4.76. The minimum absolute atomic E-state index is 0.0649. The maximum Gasteiger partial charge on any atom is 0.0568 e. The van der Waals surface area contributed by atoms with Gasteiger partial charge in [-0.25, -0.2) is 0 Å². The maximum absolute atomic E-state index is 6.10. The number of rotatable bonds is 3. The van der Waals surface area contributed by atoms with Gasteiger partial charge in [0.1, 0.15) is 0 Å². The van der Waals surface area contributed by atoms with Crippen molar-refractivity contribution in [2.45, 2.75) is 37.6 Å². The summed E-state index contributed by atoms with van der Waals surface area (Å²) in [6.07, 6.45) is 6.14. The molecule has 3 N–H and O–H groups in total. The SMILES string of the molecule is NCC1(Nc2ccc(Br)c(Cl)c2)CCCCC1. The minimum atomic E-state index is 0.0649. The average molecular weight is 318 g/mol. The Kier molecular flexibility index (Phi) is 4.34. The van der Waals surface area contributed by atoms with Crippen LogP contribution >= 0.6 is 27.5 Å². The fourth-order valence-electron chi connectivity index (χ4n) is 2.49. The Hall–Kier alpha value is -0.250. The molecule has 0 amide bonds. The number of nitrogens with two attached hydrogens (primary N) is 1. The summed E-state index contributed by atoms with van der Waals surface area (Å²) in [7, 11) is 0. The van der Waals surface area contributed by atoms with Crippen LogP contribution in [0, 0.1) is 0 Å². The first-order valence-electron chi connectivity index (χ1n) is 6.08. The third-order valence-electron chi connectivity index (χ3n) is 3.53. The van der Waals surface area contributed by atoms with E-state index >= 15 is 0 Å². The van der Waals surface area contributed by atoms with Crippen LogP contribution in [-0.4, -0.2) is 12.1 Å². The molecule has 94 valence electrons. The number of hydrogen-bond donors (Lipinski definition) is 2. The van der Waals surface area contributed by atoms with Gasteiger partial charge in [-0.1, -0.05) is 30.9 Å². The smallest absolute Gasteiger partial charge is 0.0568 e. The number of hydrogen-bond acceptors (Lipinski definition) is 2. The standard InChI is InChI=1S/C13H18BrClN2/c14-11-5-4-10(8-12(11)15)17-13(9-16)6-2-1-3-7-13/h4-5,8,17H,1-3,6-7,9,16H2. The largest absolute Gasteiger partial charge is 0.378 e. The van der Waals surface area contributed by atoms with Crippen LogP contribution in [0.4, 0.5) is 5.69 Å². The molecule has 1 aliphatic carbocycles. The Morgan fingerprint density at radius 3 is 2.59 bits per heavy atom. The van der Waals surface area contributed by atoms with E-state index in [1.54, 1.807) is 0 Å². The van der Waals surface area contributed by atoms with Crippen molar-refractivity contribution in [3.63, 3.8) is 0 Å². The summed E-state index contributed by atoms with van der Waals surface area (Å²) in [6, 6.07) is 5.97. The molecule has 2 nitrogen and oxygen atoms in total. The summed E-state index contributed by atoms with van der Waals surface area (Å²) in [5, 5.41) is 4.32. The van der Waals surface area contributed by atoms with Gasteiger partial charge in [-0.15, -0.1) is 0 Å². The van der Waals surface area contributed by atoms with Crippen molar-refractivity contribution in [2.24, 2.45) is 5.73 Å². The second-order valence-corrected chi connectivity index (χ2v) is 6.06. The molecule has 1 aliphatic rings. The van der Waals surface area contributed by atoms with E-state index in [0.717, 1.165) is 28.0 Å². The highest BCUT2D eigenvalue weighted by atomic mass is 79.9. The highest BCUT2D eigenvalue weighted by Crippen LogP contribution is 2.33. The zero-order valence-corrected chi connectivity index (χ0v) is 12.1. The van der Waals surface area contributed by atoms with Crippen LogP contribution in [0.25, 0.3) is 0 Å². The molecule has 2 rings (SSSR count). The molecule has 0 unspecified atom stereocenters. The Morgan fingerprint density at radius 1 is 1.29 bits per heavy atom. The summed E-state index contributed by atoms with van der Waals surface area (Å²) in [4.78, 5) is 0. The molecular formula is C13H18BrClN2. The van der Waals surface area contributed by atoms with Crippen molar-refractivity contribution >= 4 is 33.2 Å². The summed E-state index contributed by atoms with van der Waals surface area (Å²) in [5.74, 6) is 0. The minimum Gasteiger partial charge on any atom is -0.378 e. The normalized spacial score (nSPS) is 19.0. The zero-order valence-electron chi connectivity index (χ0n) is 9.81. The lowest BCUT2D eigenvalue weighted by molar-refractivity contribution is 0.331. The molecule has 17 heavy (non-hydrogen) atoms. The Bertz CT molecular complexity index is 389.